The lowest BCUT2D eigenvalue weighted by Gasteiger charge is -2.06. The average Bonchev–Trinajstić information content (AvgIpc) is 2.59. The number of fused-ring (bicyclic) bond motifs is 2. The fraction of sp³-hybridized carbons (Fsp3) is 0.263. The van der Waals surface area contributed by atoms with Gasteiger partial charge in [-0.15, -0.1) is 0 Å². The summed E-state index contributed by atoms with van der Waals surface area (Å²) in [5, 5.41) is 22.0. The molecule has 0 spiro atoms. The highest BCUT2D eigenvalue weighted by atomic mass is 16.6. The molecule has 3 rings (SSSR count). The number of hydrogen-bond acceptors (Lipinski definition) is 3. The Morgan fingerprint density at radius 2 is 1.35 bits per heavy atom. The Balaban J connectivity index is 0.000000188. The minimum Gasteiger partial charge on any atom is -0.429 e. The predicted octanol–water partition coefficient (Wildman–Crippen LogP) is 4.03. The molecule has 119 valence electrons. The Kier molecular flexibility index (Phi) is 7.07. The van der Waals surface area contributed by atoms with Crippen LogP contribution in [0.15, 0.2) is 60.7 Å². The van der Waals surface area contributed by atoms with Crippen LogP contribution in [-0.2, 0) is 4.65 Å². The molecule has 1 radical (unpaired) electrons. The third-order valence-corrected chi connectivity index (χ3v) is 3.64. The van der Waals surface area contributed by atoms with Crippen LogP contribution in [0.3, 0.4) is 0 Å². The van der Waals surface area contributed by atoms with Crippen LogP contribution in [-0.4, -0.2) is 24.1 Å². The van der Waals surface area contributed by atoms with Crippen molar-refractivity contribution in [3.63, 3.8) is 0 Å². The van der Waals surface area contributed by atoms with Gasteiger partial charge in [-0.1, -0.05) is 61.9 Å². The highest BCUT2D eigenvalue weighted by Crippen LogP contribution is 2.21. The van der Waals surface area contributed by atoms with Gasteiger partial charge in [0.15, 0.2) is 0 Å². The topological polar surface area (TPSA) is 49.7 Å². The molecular formula is C19H22BO3. The number of aliphatic hydroxyl groups is 1. The van der Waals surface area contributed by atoms with Crippen LogP contribution in [0.25, 0.3) is 21.5 Å². The van der Waals surface area contributed by atoms with Crippen molar-refractivity contribution < 1.29 is 14.8 Å². The van der Waals surface area contributed by atoms with E-state index in [1.54, 1.807) is 0 Å². The largest absolute Gasteiger partial charge is 0.487 e. The molecule has 0 amide bonds. The van der Waals surface area contributed by atoms with E-state index in [2.05, 4.69) is 65.3 Å². The Bertz CT molecular complexity index is 625. The second-order valence-electron chi connectivity index (χ2n) is 5.38. The first-order chi connectivity index (χ1) is 11.2. The van der Waals surface area contributed by atoms with Gasteiger partial charge in [0, 0.05) is 0 Å². The molecular weight excluding hydrogens is 287 g/mol. The van der Waals surface area contributed by atoms with Crippen LogP contribution in [0.1, 0.15) is 26.2 Å². The van der Waals surface area contributed by atoms with Gasteiger partial charge in [-0.25, -0.2) is 0 Å². The summed E-state index contributed by atoms with van der Waals surface area (Å²) in [6.07, 6.45) is 1.67. The molecule has 1 atom stereocenters. The number of rotatable bonds is 5. The fourth-order valence-corrected chi connectivity index (χ4v) is 2.40. The predicted molar refractivity (Wildman–Crippen MR) is 96.0 cm³/mol. The maximum Gasteiger partial charge on any atom is 0.487 e. The molecule has 0 aliphatic carbocycles. The van der Waals surface area contributed by atoms with E-state index < -0.39 is 6.29 Å². The molecule has 0 aromatic heterocycles. The second-order valence-corrected chi connectivity index (χ2v) is 5.38. The molecule has 1 unspecified atom stereocenters. The van der Waals surface area contributed by atoms with Gasteiger partial charge in [0.2, 0.25) is 0 Å². The van der Waals surface area contributed by atoms with Gasteiger partial charge in [-0.05, 0) is 46.5 Å². The molecule has 0 heterocycles. The van der Waals surface area contributed by atoms with Crippen molar-refractivity contribution in [2.75, 3.05) is 0 Å². The normalized spacial score (nSPS) is 11.8. The Morgan fingerprint density at radius 3 is 1.70 bits per heavy atom. The molecule has 4 heteroatoms. The van der Waals surface area contributed by atoms with Crippen LogP contribution >= 0.6 is 0 Å². The van der Waals surface area contributed by atoms with E-state index in [0.717, 1.165) is 12.8 Å². The first-order valence-corrected chi connectivity index (χ1v) is 7.91. The van der Waals surface area contributed by atoms with E-state index in [-0.39, 0.29) is 0 Å². The lowest BCUT2D eigenvalue weighted by Crippen LogP contribution is -2.14. The summed E-state index contributed by atoms with van der Waals surface area (Å²) in [6, 6.07) is 21.4. The summed E-state index contributed by atoms with van der Waals surface area (Å²) in [5.41, 5.74) is 0. The quantitative estimate of drug-likeness (QED) is 0.425. The van der Waals surface area contributed by atoms with E-state index >= 15 is 0 Å². The molecule has 0 saturated heterocycles. The molecule has 2 N–H and O–H groups in total. The standard InChI is InChI=1S/C14H10.C5H12BO3/c1-2-6-12-10-14-8-4-3-7-13(14)9-11(12)5-1;1-2-3-4-5(7)9-6-8/h1-10H;5,7-8H,2-4H2,1H3. The van der Waals surface area contributed by atoms with Gasteiger partial charge in [0.1, 0.15) is 6.29 Å². The van der Waals surface area contributed by atoms with Gasteiger partial charge in [-0.2, -0.15) is 0 Å². The molecule has 3 aromatic carbocycles. The number of benzene rings is 3. The highest BCUT2D eigenvalue weighted by molar-refractivity contribution is 6.15. The van der Waals surface area contributed by atoms with Gasteiger partial charge >= 0.3 is 7.69 Å². The summed E-state index contributed by atoms with van der Waals surface area (Å²) in [6.45, 7) is 2.02. The van der Waals surface area contributed by atoms with Crippen molar-refractivity contribution >= 4 is 29.2 Å². The van der Waals surface area contributed by atoms with Crippen LogP contribution in [0, 0.1) is 0 Å². The summed E-state index contributed by atoms with van der Waals surface area (Å²) in [7, 11) is 0.514. The zero-order valence-electron chi connectivity index (χ0n) is 13.4. The maximum absolute atomic E-state index is 8.77. The summed E-state index contributed by atoms with van der Waals surface area (Å²) < 4.78 is 4.33. The average molecular weight is 309 g/mol. The van der Waals surface area contributed by atoms with E-state index in [1.807, 2.05) is 6.92 Å². The van der Waals surface area contributed by atoms with Crippen molar-refractivity contribution in [2.45, 2.75) is 32.5 Å². The maximum atomic E-state index is 8.77. The zero-order valence-corrected chi connectivity index (χ0v) is 13.4. The first-order valence-electron chi connectivity index (χ1n) is 7.91. The zero-order chi connectivity index (χ0) is 16.5. The van der Waals surface area contributed by atoms with Gasteiger partial charge in [0.25, 0.3) is 0 Å². The van der Waals surface area contributed by atoms with Crippen molar-refractivity contribution in [1.82, 2.24) is 0 Å². The van der Waals surface area contributed by atoms with Crippen LogP contribution in [0.4, 0.5) is 0 Å². The van der Waals surface area contributed by atoms with E-state index in [9.17, 15) is 0 Å². The van der Waals surface area contributed by atoms with E-state index in [0.29, 0.717) is 14.1 Å². The molecule has 0 fully saturated rings. The fourth-order valence-electron chi connectivity index (χ4n) is 2.40. The number of aliphatic hydroxyl groups excluding tert-OH is 1. The van der Waals surface area contributed by atoms with Crippen LogP contribution < -0.4 is 0 Å². The molecule has 0 aliphatic heterocycles. The third kappa shape index (κ3) is 5.36. The van der Waals surface area contributed by atoms with E-state index in [4.69, 9.17) is 10.1 Å². The SMILES string of the molecule is CCCCC(O)O[B]O.c1ccc2cc3ccccc3cc2c1. The minimum atomic E-state index is -0.838. The summed E-state index contributed by atoms with van der Waals surface area (Å²) in [4.78, 5) is 0. The van der Waals surface area contributed by atoms with Gasteiger partial charge in [0.05, 0.1) is 0 Å². The van der Waals surface area contributed by atoms with Crippen molar-refractivity contribution in [3.05, 3.63) is 60.7 Å². The molecule has 0 aliphatic rings. The lowest BCUT2D eigenvalue weighted by molar-refractivity contribution is -0.0316. The van der Waals surface area contributed by atoms with Gasteiger partial charge < -0.3 is 14.8 Å². The highest BCUT2D eigenvalue weighted by Gasteiger charge is 2.01. The van der Waals surface area contributed by atoms with Crippen LogP contribution in [0.2, 0.25) is 0 Å². The summed E-state index contributed by atoms with van der Waals surface area (Å²) in [5.74, 6) is 0. The molecule has 3 nitrogen and oxygen atoms in total. The van der Waals surface area contributed by atoms with E-state index in [1.165, 1.54) is 21.5 Å². The molecule has 0 bridgehead atoms. The monoisotopic (exact) mass is 309 g/mol. The van der Waals surface area contributed by atoms with Crippen LogP contribution in [0.5, 0.6) is 0 Å². The summed E-state index contributed by atoms with van der Waals surface area (Å²) >= 11 is 0. The van der Waals surface area contributed by atoms with Crippen molar-refractivity contribution in [2.24, 2.45) is 0 Å². The van der Waals surface area contributed by atoms with Gasteiger partial charge in [-0.3, -0.25) is 0 Å². The Hall–Kier alpha value is -1.88. The lowest BCUT2D eigenvalue weighted by atomic mass is 10.0. The van der Waals surface area contributed by atoms with Crippen molar-refractivity contribution in [3.8, 4) is 0 Å². The molecule has 0 saturated carbocycles. The first kappa shape index (κ1) is 17.5. The number of hydrogen-bond donors (Lipinski definition) is 2. The Labute approximate surface area is 137 Å². The molecule has 23 heavy (non-hydrogen) atoms. The van der Waals surface area contributed by atoms with Crippen molar-refractivity contribution in [1.29, 1.82) is 0 Å². The Morgan fingerprint density at radius 1 is 0.913 bits per heavy atom. The number of unbranched alkanes of at least 4 members (excludes halogenated alkanes) is 1. The minimum absolute atomic E-state index is 0.514. The third-order valence-electron chi connectivity index (χ3n) is 3.64. The second kappa shape index (κ2) is 9.31. The molecule has 3 aromatic rings. The smallest absolute Gasteiger partial charge is 0.429 e.